The van der Waals surface area contributed by atoms with Gasteiger partial charge in [-0.05, 0) is 45.7 Å². The van der Waals surface area contributed by atoms with Crippen molar-refractivity contribution < 1.29 is 17.9 Å². The van der Waals surface area contributed by atoms with Gasteiger partial charge in [0.25, 0.3) is 0 Å². The third-order valence-electron chi connectivity index (χ3n) is 5.05. The molecule has 0 unspecified atom stereocenters. The monoisotopic (exact) mass is 477 g/mol. The van der Waals surface area contributed by atoms with Gasteiger partial charge in [-0.2, -0.15) is 0 Å². The van der Waals surface area contributed by atoms with Crippen LogP contribution in [0.4, 0.5) is 0 Å². The van der Waals surface area contributed by atoms with Gasteiger partial charge in [-0.25, -0.2) is 13.2 Å². The van der Waals surface area contributed by atoms with Gasteiger partial charge < -0.3 is 4.74 Å². The number of esters is 1. The van der Waals surface area contributed by atoms with Crippen LogP contribution in [0.25, 0.3) is 0 Å². The van der Waals surface area contributed by atoms with Gasteiger partial charge in [0.15, 0.2) is 9.84 Å². The molecular formula is C28H31NO4S. The fourth-order valence-corrected chi connectivity index (χ4v) is 4.84. The molecule has 6 heteroatoms. The lowest BCUT2D eigenvalue weighted by Crippen LogP contribution is -2.32. The second-order valence-corrected chi connectivity index (χ2v) is 11.1. The minimum Gasteiger partial charge on any atom is -0.458 e. The van der Waals surface area contributed by atoms with E-state index < -0.39 is 27.4 Å². The highest BCUT2D eigenvalue weighted by Crippen LogP contribution is 2.19. The molecule has 1 atom stereocenters. The Morgan fingerprint density at radius 3 is 1.76 bits per heavy atom. The predicted molar refractivity (Wildman–Crippen MR) is 136 cm³/mol. The number of hydrogen-bond donors (Lipinski definition) is 0. The van der Waals surface area contributed by atoms with E-state index in [0.29, 0.717) is 5.71 Å². The van der Waals surface area contributed by atoms with E-state index in [1.807, 2.05) is 60.7 Å². The zero-order valence-electron chi connectivity index (χ0n) is 19.8. The standard InChI is InChI=1S/C28H31NO4S/c1-28(2,3)33-27(30)25(20-13-21-34(31,32)24-18-11-6-12-19-24)29-26(22-14-7-4-8-15-22)23-16-9-5-10-17-23/h4-12,14-19,25H,13,20-21H2,1-3H3/t25-/m0/s1. The Labute approximate surface area is 202 Å². The van der Waals surface area contributed by atoms with Crippen LogP contribution in [0.5, 0.6) is 0 Å². The Hall–Kier alpha value is -3.25. The molecule has 178 valence electrons. The first kappa shape index (κ1) is 25.4. The van der Waals surface area contributed by atoms with Crippen molar-refractivity contribution in [2.75, 3.05) is 5.75 Å². The fraction of sp³-hybridized carbons (Fsp3) is 0.286. The second kappa shape index (κ2) is 11.3. The van der Waals surface area contributed by atoms with Crippen molar-refractivity contribution in [1.82, 2.24) is 0 Å². The molecule has 0 aromatic heterocycles. The van der Waals surface area contributed by atoms with Crippen molar-refractivity contribution in [3.8, 4) is 0 Å². The molecule has 34 heavy (non-hydrogen) atoms. The van der Waals surface area contributed by atoms with Gasteiger partial charge >= 0.3 is 5.97 Å². The number of ether oxygens (including phenoxy) is 1. The SMILES string of the molecule is CC(C)(C)OC(=O)[C@H](CCCS(=O)(=O)c1ccccc1)N=C(c1ccccc1)c1ccccc1. The summed E-state index contributed by atoms with van der Waals surface area (Å²) >= 11 is 0. The van der Waals surface area contributed by atoms with Crippen molar-refractivity contribution in [3.63, 3.8) is 0 Å². The average Bonchev–Trinajstić information content (AvgIpc) is 2.82. The molecule has 0 aliphatic carbocycles. The van der Waals surface area contributed by atoms with E-state index in [1.165, 1.54) is 0 Å². The molecule has 5 nitrogen and oxygen atoms in total. The van der Waals surface area contributed by atoms with Crippen molar-refractivity contribution in [1.29, 1.82) is 0 Å². The van der Waals surface area contributed by atoms with Crippen LogP contribution < -0.4 is 0 Å². The van der Waals surface area contributed by atoms with Crippen LogP contribution in [-0.2, 0) is 19.4 Å². The summed E-state index contributed by atoms with van der Waals surface area (Å²) in [5.74, 6) is -0.536. The zero-order valence-corrected chi connectivity index (χ0v) is 20.7. The molecule has 0 aliphatic heterocycles. The molecule has 0 heterocycles. The number of hydrogen-bond acceptors (Lipinski definition) is 5. The normalized spacial score (nSPS) is 12.6. The van der Waals surface area contributed by atoms with Gasteiger partial charge in [0.1, 0.15) is 11.6 Å². The Morgan fingerprint density at radius 1 is 0.824 bits per heavy atom. The van der Waals surface area contributed by atoms with Crippen LogP contribution in [0, 0.1) is 0 Å². The third-order valence-corrected chi connectivity index (χ3v) is 6.87. The summed E-state index contributed by atoms with van der Waals surface area (Å²) in [6.07, 6.45) is 0.533. The second-order valence-electron chi connectivity index (χ2n) is 9.03. The quantitative estimate of drug-likeness (QED) is 0.302. The first-order valence-corrected chi connectivity index (χ1v) is 13.0. The lowest BCUT2D eigenvalue weighted by molar-refractivity contribution is -0.156. The molecule has 3 aromatic rings. The van der Waals surface area contributed by atoms with Crippen molar-refractivity contribution >= 4 is 21.5 Å². The van der Waals surface area contributed by atoms with Crippen molar-refractivity contribution in [3.05, 3.63) is 102 Å². The largest absolute Gasteiger partial charge is 0.458 e. The highest BCUT2D eigenvalue weighted by atomic mass is 32.2. The maximum atomic E-state index is 13.1. The molecule has 3 rings (SSSR count). The van der Waals surface area contributed by atoms with Crippen LogP contribution in [0.3, 0.4) is 0 Å². The highest BCUT2D eigenvalue weighted by Gasteiger charge is 2.26. The molecule has 0 aliphatic rings. The van der Waals surface area contributed by atoms with E-state index in [4.69, 9.17) is 9.73 Å². The maximum absolute atomic E-state index is 13.1. The summed E-state index contributed by atoms with van der Waals surface area (Å²) in [4.78, 5) is 18.2. The van der Waals surface area contributed by atoms with E-state index in [-0.39, 0.29) is 23.5 Å². The van der Waals surface area contributed by atoms with E-state index in [9.17, 15) is 13.2 Å². The summed E-state index contributed by atoms with van der Waals surface area (Å²) in [5, 5.41) is 0. The lowest BCUT2D eigenvalue weighted by atomic mass is 10.0. The first-order valence-electron chi connectivity index (χ1n) is 11.3. The van der Waals surface area contributed by atoms with E-state index in [1.54, 1.807) is 51.1 Å². The van der Waals surface area contributed by atoms with Crippen molar-refractivity contribution in [2.24, 2.45) is 4.99 Å². The third kappa shape index (κ3) is 7.39. The van der Waals surface area contributed by atoms with E-state index in [0.717, 1.165) is 11.1 Å². The summed E-state index contributed by atoms with van der Waals surface area (Å²) in [6.45, 7) is 5.42. The Balaban J connectivity index is 1.91. The summed E-state index contributed by atoms with van der Waals surface area (Å²) < 4.78 is 31.1. The summed E-state index contributed by atoms with van der Waals surface area (Å²) in [7, 11) is -3.45. The molecule has 0 bridgehead atoms. The molecule has 0 saturated carbocycles. The maximum Gasteiger partial charge on any atom is 0.331 e. The molecule has 0 fully saturated rings. The number of rotatable bonds is 9. The Kier molecular flexibility index (Phi) is 8.40. The van der Waals surface area contributed by atoms with Gasteiger partial charge in [0.2, 0.25) is 0 Å². The average molecular weight is 478 g/mol. The minimum absolute atomic E-state index is 0.0716. The van der Waals surface area contributed by atoms with Gasteiger partial charge in [0.05, 0.1) is 16.4 Å². The number of aliphatic imine (C=N–C) groups is 1. The van der Waals surface area contributed by atoms with Crippen LogP contribution in [0.2, 0.25) is 0 Å². The fourth-order valence-electron chi connectivity index (χ4n) is 3.48. The molecule has 0 radical (unpaired) electrons. The van der Waals surface area contributed by atoms with Crippen LogP contribution in [0.15, 0.2) is 101 Å². The number of sulfone groups is 1. The summed E-state index contributed by atoms with van der Waals surface area (Å²) in [6, 6.07) is 26.8. The highest BCUT2D eigenvalue weighted by molar-refractivity contribution is 7.91. The molecule has 0 spiro atoms. The van der Waals surface area contributed by atoms with Gasteiger partial charge in [-0.3, -0.25) is 4.99 Å². The van der Waals surface area contributed by atoms with Gasteiger partial charge in [0, 0.05) is 11.1 Å². The lowest BCUT2D eigenvalue weighted by Gasteiger charge is -2.23. The van der Waals surface area contributed by atoms with Crippen LogP contribution in [0.1, 0.15) is 44.7 Å². The topological polar surface area (TPSA) is 72.8 Å². The number of benzene rings is 3. The molecule has 0 amide bonds. The van der Waals surface area contributed by atoms with Gasteiger partial charge in [-0.15, -0.1) is 0 Å². The Morgan fingerprint density at radius 2 is 1.29 bits per heavy atom. The smallest absolute Gasteiger partial charge is 0.331 e. The predicted octanol–water partition coefficient (Wildman–Crippen LogP) is 5.49. The molecule has 3 aromatic carbocycles. The van der Waals surface area contributed by atoms with Crippen molar-refractivity contribution in [2.45, 2.75) is 50.2 Å². The number of carbonyl (C=O) groups excluding carboxylic acids is 1. The summed E-state index contributed by atoms with van der Waals surface area (Å²) in [5.41, 5.74) is 1.74. The molecule has 0 N–H and O–H groups in total. The van der Waals surface area contributed by atoms with E-state index >= 15 is 0 Å². The van der Waals surface area contributed by atoms with E-state index in [2.05, 4.69) is 0 Å². The molecular weight excluding hydrogens is 446 g/mol. The number of carbonyl (C=O) groups is 1. The number of nitrogens with zero attached hydrogens (tertiary/aromatic N) is 1. The van der Waals surface area contributed by atoms with Crippen LogP contribution >= 0.6 is 0 Å². The van der Waals surface area contributed by atoms with Crippen LogP contribution in [-0.4, -0.2) is 37.5 Å². The minimum atomic E-state index is -3.45. The van der Waals surface area contributed by atoms with Gasteiger partial charge in [-0.1, -0.05) is 78.9 Å². The molecule has 0 saturated heterocycles. The first-order chi connectivity index (χ1) is 16.2. The zero-order chi connectivity index (χ0) is 24.6. The Bertz CT molecular complexity index is 1160.